The molecule has 0 aromatic heterocycles. The Kier molecular flexibility index (Phi) is 4.40. The third-order valence-corrected chi connectivity index (χ3v) is 3.47. The van der Waals surface area contributed by atoms with Crippen molar-refractivity contribution in [3.8, 4) is 0 Å². The Labute approximate surface area is 113 Å². The van der Waals surface area contributed by atoms with Gasteiger partial charge in [0.05, 0.1) is 6.10 Å². The number of aliphatic hydroxyl groups excluding tert-OH is 1. The highest BCUT2D eigenvalue weighted by molar-refractivity contribution is 6.30. The molecule has 1 nitrogen and oxygen atoms in total. The van der Waals surface area contributed by atoms with E-state index < -0.39 is 6.10 Å². The minimum atomic E-state index is -0.518. The van der Waals surface area contributed by atoms with Gasteiger partial charge in [-0.3, -0.25) is 0 Å². The summed E-state index contributed by atoms with van der Waals surface area (Å²) in [5, 5.41) is 11.2. The second-order valence-corrected chi connectivity index (χ2v) is 4.86. The molecule has 2 unspecified atom stereocenters. The molecule has 0 fully saturated rings. The van der Waals surface area contributed by atoms with Gasteiger partial charge in [-0.25, -0.2) is 0 Å². The fourth-order valence-electron chi connectivity index (χ4n) is 2.26. The van der Waals surface area contributed by atoms with Gasteiger partial charge in [0.1, 0.15) is 0 Å². The monoisotopic (exact) mass is 260 g/mol. The number of rotatable bonds is 4. The van der Waals surface area contributed by atoms with Gasteiger partial charge in [-0.05, 0) is 29.7 Å². The highest BCUT2D eigenvalue weighted by atomic mass is 35.5. The first kappa shape index (κ1) is 13.1. The maximum atomic E-state index is 10.5. The van der Waals surface area contributed by atoms with Crippen LogP contribution < -0.4 is 0 Å². The molecule has 0 radical (unpaired) electrons. The van der Waals surface area contributed by atoms with E-state index in [1.807, 2.05) is 42.5 Å². The van der Waals surface area contributed by atoms with Crippen molar-refractivity contribution in [1.29, 1.82) is 0 Å². The van der Waals surface area contributed by atoms with Crippen molar-refractivity contribution in [2.75, 3.05) is 0 Å². The van der Waals surface area contributed by atoms with Crippen molar-refractivity contribution in [3.63, 3.8) is 0 Å². The summed E-state index contributed by atoms with van der Waals surface area (Å²) in [6.45, 7) is 2.09. The summed E-state index contributed by atoms with van der Waals surface area (Å²) in [6, 6.07) is 17.6. The number of halogens is 1. The van der Waals surface area contributed by atoms with Crippen LogP contribution in [0.4, 0.5) is 0 Å². The molecule has 2 rings (SSSR count). The maximum Gasteiger partial charge on any atom is 0.0858 e. The van der Waals surface area contributed by atoms with E-state index in [9.17, 15) is 5.11 Å². The van der Waals surface area contributed by atoms with E-state index in [0.29, 0.717) is 5.02 Å². The first-order chi connectivity index (χ1) is 8.72. The summed E-state index contributed by atoms with van der Waals surface area (Å²) in [5.74, 6) is 0.102. The zero-order valence-electron chi connectivity index (χ0n) is 10.4. The molecule has 0 aliphatic rings. The molecular weight excluding hydrogens is 244 g/mol. The van der Waals surface area contributed by atoms with Gasteiger partial charge in [0, 0.05) is 10.9 Å². The Morgan fingerprint density at radius 3 is 2.28 bits per heavy atom. The van der Waals surface area contributed by atoms with Gasteiger partial charge in [0.2, 0.25) is 0 Å². The first-order valence-corrected chi connectivity index (χ1v) is 6.58. The number of hydrogen-bond donors (Lipinski definition) is 1. The lowest BCUT2D eigenvalue weighted by Gasteiger charge is -2.22. The summed E-state index contributed by atoms with van der Waals surface area (Å²) in [6.07, 6.45) is 0.369. The topological polar surface area (TPSA) is 20.2 Å². The molecule has 0 aliphatic heterocycles. The molecule has 2 aromatic rings. The van der Waals surface area contributed by atoms with Gasteiger partial charge in [-0.2, -0.15) is 0 Å². The Balaban J connectivity index is 2.28. The molecule has 0 aliphatic carbocycles. The Morgan fingerprint density at radius 2 is 1.67 bits per heavy atom. The quantitative estimate of drug-likeness (QED) is 0.854. The largest absolute Gasteiger partial charge is 0.388 e. The SMILES string of the molecule is CCC(c1ccccc1)C(O)c1cccc(Cl)c1. The van der Waals surface area contributed by atoms with E-state index in [1.165, 1.54) is 0 Å². The molecule has 18 heavy (non-hydrogen) atoms. The van der Waals surface area contributed by atoms with Crippen LogP contribution in [0.15, 0.2) is 54.6 Å². The molecule has 2 atom stereocenters. The van der Waals surface area contributed by atoms with E-state index in [2.05, 4.69) is 19.1 Å². The van der Waals surface area contributed by atoms with Crippen molar-refractivity contribution < 1.29 is 5.11 Å². The Morgan fingerprint density at radius 1 is 1.00 bits per heavy atom. The minimum Gasteiger partial charge on any atom is -0.388 e. The number of benzene rings is 2. The zero-order chi connectivity index (χ0) is 13.0. The fourth-order valence-corrected chi connectivity index (χ4v) is 2.46. The lowest BCUT2D eigenvalue weighted by atomic mass is 9.87. The molecule has 2 aromatic carbocycles. The van der Waals surface area contributed by atoms with Crippen LogP contribution in [0.1, 0.15) is 36.5 Å². The molecule has 0 heterocycles. The summed E-state index contributed by atoms with van der Waals surface area (Å²) >= 11 is 5.97. The van der Waals surface area contributed by atoms with Gasteiger partial charge in [0.15, 0.2) is 0 Å². The van der Waals surface area contributed by atoms with E-state index in [-0.39, 0.29) is 5.92 Å². The van der Waals surface area contributed by atoms with Crippen molar-refractivity contribution in [3.05, 3.63) is 70.7 Å². The number of hydrogen-bond acceptors (Lipinski definition) is 1. The van der Waals surface area contributed by atoms with Crippen LogP contribution in [0.3, 0.4) is 0 Å². The third-order valence-electron chi connectivity index (χ3n) is 3.24. The predicted molar refractivity (Wildman–Crippen MR) is 75.9 cm³/mol. The molecule has 0 saturated heterocycles. The highest BCUT2D eigenvalue weighted by Crippen LogP contribution is 2.34. The summed E-state index contributed by atoms with van der Waals surface area (Å²) in [4.78, 5) is 0. The maximum absolute atomic E-state index is 10.5. The van der Waals surface area contributed by atoms with Crippen LogP contribution in [-0.4, -0.2) is 5.11 Å². The van der Waals surface area contributed by atoms with Crippen LogP contribution in [0, 0.1) is 0 Å². The van der Waals surface area contributed by atoms with Crippen LogP contribution in [0.2, 0.25) is 5.02 Å². The zero-order valence-corrected chi connectivity index (χ0v) is 11.1. The lowest BCUT2D eigenvalue weighted by Crippen LogP contribution is -2.10. The van der Waals surface area contributed by atoms with Crippen molar-refractivity contribution in [2.24, 2.45) is 0 Å². The summed E-state index contributed by atoms with van der Waals surface area (Å²) in [7, 11) is 0. The number of aliphatic hydroxyl groups is 1. The van der Waals surface area contributed by atoms with Crippen LogP contribution in [0.25, 0.3) is 0 Å². The van der Waals surface area contributed by atoms with Crippen molar-refractivity contribution in [1.82, 2.24) is 0 Å². The van der Waals surface area contributed by atoms with Crippen molar-refractivity contribution >= 4 is 11.6 Å². The standard InChI is InChI=1S/C16H17ClO/c1-2-15(12-7-4-3-5-8-12)16(18)13-9-6-10-14(17)11-13/h3-11,15-16,18H,2H2,1H3. The average molecular weight is 261 g/mol. The highest BCUT2D eigenvalue weighted by Gasteiger charge is 2.20. The van der Waals surface area contributed by atoms with Gasteiger partial charge in [-0.15, -0.1) is 0 Å². The summed E-state index contributed by atoms with van der Waals surface area (Å²) in [5.41, 5.74) is 2.03. The smallest absolute Gasteiger partial charge is 0.0858 e. The van der Waals surface area contributed by atoms with Gasteiger partial charge >= 0.3 is 0 Å². The van der Waals surface area contributed by atoms with Crippen LogP contribution >= 0.6 is 11.6 Å². The fraction of sp³-hybridized carbons (Fsp3) is 0.250. The van der Waals surface area contributed by atoms with Crippen LogP contribution in [0.5, 0.6) is 0 Å². The molecule has 94 valence electrons. The average Bonchev–Trinajstić information content (AvgIpc) is 2.41. The molecule has 1 N–H and O–H groups in total. The van der Waals surface area contributed by atoms with Gasteiger partial charge in [-0.1, -0.05) is 61.0 Å². The molecule has 2 heteroatoms. The van der Waals surface area contributed by atoms with E-state index in [4.69, 9.17) is 11.6 Å². The second kappa shape index (κ2) is 6.03. The lowest BCUT2D eigenvalue weighted by molar-refractivity contribution is 0.142. The minimum absolute atomic E-state index is 0.102. The van der Waals surface area contributed by atoms with E-state index in [0.717, 1.165) is 17.5 Å². The van der Waals surface area contributed by atoms with Gasteiger partial charge < -0.3 is 5.11 Å². The Bertz CT molecular complexity index is 495. The first-order valence-electron chi connectivity index (χ1n) is 6.21. The second-order valence-electron chi connectivity index (χ2n) is 4.43. The molecule has 0 amide bonds. The normalized spacial score (nSPS) is 14.2. The molecule has 0 spiro atoms. The molecule has 0 bridgehead atoms. The Hall–Kier alpha value is -1.31. The third kappa shape index (κ3) is 2.92. The van der Waals surface area contributed by atoms with E-state index in [1.54, 1.807) is 0 Å². The van der Waals surface area contributed by atoms with E-state index >= 15 is 0 Å². The molecular formula is C16H17ClO. The van der Waals surface area contributed by atoms with Crippen LogP contribution in [-0.2, 0) is 0 Å². The van der Waals surface area contributed by atoms with Gasteiger partial charge in [0.25, 0.3) is 0 Å². The van der Waals surface area contributed by atoms with Crippen molar-refractivity contribution in [2.45, 2.75) is 25.4 Å². The molecule has 0 saturated carbocycles. The predicted octanol–water partition coefficient (Wildman–Crippen LogP) is 4.57. The summed E-state index contributed by atoms with van der Waals surface area (Å²) < 4.78 is 0.